The van der Waals surface area contributed by atoms with Crippen LogP contribution in [0.25, 0.3) is 0 Å². The quantitative estimate of drug-likeness (QED) is 0.696. The minimum absolute atomic E-state index is 0.187. The van der Waals surface area contributed by atoms with Crippen molar-refractivity contribution in [3.63, 3.8) is 0 Å². The molecular formula is C15H27NO. The molecule has 0 atom stereocenters. The zero-order valence-corrected chi connectivity index (χ0v) is 11.4. The lowest BCUT2D eigenvalue weighted by Crippen LogP contribution is -2.37. The topological polar surface area (TPSA) is 29.1 Å². The molecule has 0 aromatic rings. The second-order valence-electron chi connectivity index (χ2n) is 5.08. The van der Waals surface area contributed by atoms with E-state index in [2.05, 4.69) is 25.2 Å². The summed E-state index contributed by atoms with van der Waals surface area (Å²) in [5, 5.41) is 3.21. The second-order valence-corrected chi connectivity index (χ2v) is 5.08. The number of allylic oxidation sites excluding steroid dienone is 1. The van der Waals surface area contributed by atoms with E-state index >= 15 is 0 Å². The Morgan fingerprint density at radius 1 is 1.18 bits per heavy atom. The lowest BCUT2D eigenvalue weighted by atomic mass is 9.95. The highest BCUT2D eigenvalue weighted by atomic mass is 16.1. The Kier molecular flexibility index (Phi) is 6.99. The summed E-state index contributed by atoms with van der Waals surface area (Å²) in [6.07, 6.45) is 12.4. The Labute approximate surface area is 106 Å². The molecule has 1 saturated carbocycles. The van der Waals surface area contributed by atoms with Crippen molar-refractivity contribution in [1.29, 1.82) is 0 Å². The Balaban J connectivity index is 2.45. The van der Waals surface area contributed by atoms with Crippen LogP contribution < -0.4 is 5.32 Å². The number of hydrogen-bond donors (Lipinski definition) is 1. The van der Waals surface area contributed by atoms with Crippen LogP contribution in [0.15, 0.2) is 11.6 Å². The first kappa shape index (κ1) is 14.3. The fraction of sp³-hybridized carbons (Fsp3) is 0.800. The Hall–Kier alpha value is -0.790. The van der Waals surface area contributed by atoms with E-state index < -0.39 is 0 Å². The SMILES string of the molecule is CCC/C=C(\CCC)C(=O)NC1CCCCC1. The van der Waals surface area contributed by atoms with E-state index in [-0.39, 0.29) is 5.91 Å². The van der Waals surface area contributed by atoms with Gasteiger partial charge in [0.2, 0.25) is 5.91 Å². The van der Waals surface area contributed by atoms with Crippen molar-refractivity contribution in [2.75, 3.05) is 0 Å². The Morgan fingerprint density at radius 2 is 1.88 bits per heavy atom. The van der Waals surface area contributed by atoms with Gasteiger partial charge >= 0.3 is 0 Å². The summed E-state index contributed by atoms with van der Waals surface area (Å²) in [7, 11) is 0. The number of carbonyl (C=O) groups is 1. The molecule has 0 bridgehead atoms. The highest BCUT2D eigenvalue weighted by molar-refractivity contribution is 5.93. The van der Waals surface area contributed by atoms with Gasteiger partial charge in [0, 0.05) is 11.6 Å². The van der Waals surface area contributed by atoms with Crippen molar-refractivity contribution in [2.45, 2.75) is 77.7 Å². The summed E-state index contributed by atoms with van der Waals surface area (Å²) in [6.45, 7) is 4.28. The van der Waals surface area contributed by atoms with Crippen LogP contribution in [0.1, 0.15) is 71.6 Å². The van der Waals surface area contributed by atoms with E-state index in [1.807, 2.05) is 0 Å². The molecule has 0 radical (unpaired) electrons. The maximum absolute atomic E-state index is 12.1. The predicted octanol–water partition coefficient (Wildman–Crippen LogP) is 3.96. The molecule has 1 rings (SSSR count). The summed E-state index contributed by atoms with van der Waals surface area (Å²) in [5.74, 6) is 0.187. The fourth-order valence-electron chi connectivity index (χ4n) is 2.42. The van der Waals surface area contributed by atoms with Crippen molar-refractivity contribution >= 4 is 5.91 Å². The molecule has 0 aliphatic heterocycles. The van der Waals surface area contributed by atoms with Crippen molar-refractivity contribution in [3.05, 3.63) is 11.6 Å². The molecule has 0 aromatic carbocycles. The van der Waals surface area contributed by atoms with E-state index in [1.165, 1.54) is 32.1 Å². The molecule has 1 amide bonds. The molecule has 2 heteroatoms. The maximum atomic E-state index is 12.1. The molecule has 0 aromatic heterocycles. The van der Waals surface area contributed by atoms with Crippen LogP contribution >= 0.6 is 0 Å². The number of amides is 1. The molecule has 1 fully saturated rings. The number of hydrogen-bond acceptors (Lipinski definition) is 1. The first-order valence-corrected chi connectivity index (χ1v) is 7.27. The number of nitrogens with one attached hydrogen (secondary N) is 1. The van der Waals surface area contributed by atoms with E-state index in [0.29, 0.717) is 6.04 Å². The Bertz CT molecular complexity index is 252. The highest BCUT2D eigenvalue weighted by Crippen LogP contribution is 2.18. The molecule has 0 saturated heterocycles. The lowest BCUT2D eigenvalue weighted by Gasteiger charge is -2.23. The summed E-state index contributed by atoms with van der Waals surface area (Å²) >= 11 is 0. The zero-order chi connectivity index (χ0) is 12.5. The van der Waals surface area contributed by atoms with Gasteiger partial charge in [0.25, 0.3) is 0 Å². The zero-order valence-electron chi connectivity index (χ0n) is 11.4. The summed E-state index contributed by atoms with van der Waals surface area (Å²) in [4.78, 5) is 12.1. The van der Waals surface area contributed by atoms with Gasteiger partial charge in [-0.1, -0.05) is 52.0 Å². The number of rotatable bonds is 6. The van der Waals surface area contributed by atoms with Gasteiger partial charge in [0.1, 0.15) is 0 Å². The minimum Gasteiger partial charge on any atom is -0.350 e. The van der Waals surface area contributed by atoms with E-state index in [1.54, 1.807) is 0 Å². The van der Waals surface area contributed by atoms with Crippen molar-refractivity contribution in [3.8, 4) is 0 Å². The minimum atomic E-state index is 0.187. The van der Waals surface area contributed by atoms with Crippen molar-refractivity contribution < 1.29 is 4.79 Å². The van der Waals surface area contributed by atoms with Crippen LogP contribution in [-0.4, -0.2) is 11.9 Å². The molecule has 0 heterocycles. The van der Waals surface area contributed by atoms with Gasteiger partial charge in [-0.05, 0) is 25.7 Å². The number of unbranched alkanes of at least 4 members (excludes halogenated alkanes) is 1. The third-order valence-electron chi connectivity index (χ3n) is 3.43. The van der Waals surface area contributed by atoms with E-state index in [9.17, 15) is 4.79 Å². The standard InChI is InChI=1S/C15H27NO/c1-3-5-10-13(9-4-2)15(17)16-14-11-7-6-8-12-14/h10,14H,3-9,11-12H2,1-2H3,(H,16,17)/b13-10+. The van der Waals surface area contributed by atoms with E-state index in [0.717, 1.165) is 31.3 Å². The average molecular weight is 237 g/mol. The number of carbonyl (C=O) groups excluding carboxylic acids is 1. The monoisotopic (exact) mass is 237 g/mol. The van der Waals surface area contributed by atoms with Crippen LogP contribution in [-0.2, 0) is 4.79 Å². The van der Waals surface area contributed by atoms with Gasteiger partial charge < -0.3 is 5.32 Å². The summed E-state index contributed by atoms with van der Waals surface area (Å²) in [5.41, 5.74) is 1.000. The van der Waals surface area contributed by atoms with Gasteiger partial charge in [0.05, 0.1) is 0 Å². The van der Waals surface area contributed by atoms with Crippen LogP contribution in [0.5, 0.6) is 0 Å². The summed E-state index contributed by atoms with van der Waals surface area (Å²) in [6, 6.07) is 0.429. The average Bonchev–Trinajstić information content (AvgIpc) is 2.35. The molecule has 1 aliphatic carbocycles. The first-order valence-electron chi connectivity index (χ1n) is 7.27. The molecule has 1 aliphatic rings. The van der Waals surface area contributed by atoms with Crippen LogP contribution in [0, 0.1) is 0 Å². The third kappa shape index (κ3) is 5.38. The van der Waals surface area contributed by atoms with Gasteiger partial charge in [-0.3, -0.25) is 4.79 Å². The largest absolute Gasteiger partial charge is 0.350 e. The van der Waals surface area contributed by atoms with Gasteiger partial charge in [-0.2, -0.15) is 0 Å². The predicted molar refractivity (Wildman–Crippen MR) is 72.9 cm³/mol. The molecular weight excluding hydrogens is 210 g/mol. The van der Waals surface area contributed by atoms with Gasteiger partial charge in [0.15, 0.2) is 0 Å². The molecule has 1 N–H and O–H groups in total. The highest BCUT2D eigenvalue weighted by Gasteiger charge is 2.17. The van der Waals surface area contributed by atoms with E-state index in [4.69, 9.17) is 0 Å². The van der Waals surface area contributed by atoms with Crippen molar-refractivity contribution in [1.82, 2.24) is 5.32 Å². The maximum Gasteiger partial charge on any atom is 0.247 e. The van der Waals surface area contributed by atoms with Crippen LogP contribution in [0.3, 0.4) is 0 Å². The normalized spacial score (nSPS) is 18.1. The molecule has 0 spiro atoms. The molecule has 17 heavy (non-hydrogen) atoms. The van der Waals surface area contributed by atoms with Gasteiger partial charge in [-0.15, -0.1) is 0 Å². The van der Waals surface area contributed by atoms with Gasteiger partial charge in [-0.25, -0.2) is 0 Å². The van der Waals surface area contributed by atoms with Crippen LogP contribution in [0.4, 0.5) is 0 Å². The third-order valence-corrected chi connectivity index (χ3v) is 3.43. The lowest BCUT2D eigenvalue weighted by molar-refractivity contribution is -0.118. The fourth-order valence-corrected chi connectivity index (χ4v) is 2.42. The second kappa shape index (κ2) is 8.32. The smallest absolute Gasteiger partial charge is 0.247 e. The first-order chi connectivity index (χ1) is 8.27. The molecule has 2 nitrogen and oxygen atoms in total. The molecule has 0 unspecified atom stereocenters. The van der Waals surface area contributed by atoms with Crippen LogP contribution in [0.2, 0.25) is 0 Å². The summed E-state index contributed by atoms with van der Waals surface area (Å²) < 4.78 is 0. The van der Waals surface area contributed by atoms with Crippen molar-refractivity contribution in [2.24, 2.45) is 0 Å². The Morgan fingerprint density at radius 3 is 2.47 bits per heavy atom. The molecule has 98 valence electrons.